The monoisotopic (exact) mass is 209 g/mol. The highest BCUT2D eigenvalue weighted by Crippen LogP contribution is 2.01. The maximum absolute atomic E-state index is 10.7. The first-order valence-corrected chi connectivity index (χ1v) is 5.27. The maximum Gasteiger partial charge on any atom is 0.283 e. The fourth-order valence-electron chi connectivity index (χ4n) is 0.800. The Bertz CT molecular complexity index is 270. The summed E-state index contributed by atoms with van der Waals surface area (Å²) < 4.78 is 30.1. The summed E-state index contributed by atoms with van der Waals surface area (Å²) in [6, 6.07) is 0. The minimum atomic E-state index is -4.26. The van der Waals surface area contributed by atoms with E-state index in [9.17, 15) is 8.42 Å². The molecule has 0 aromatic rings. The topological polar surface area (TPSA) is 86.6 Å². The molecule has 0 aliphatic heterocycles. The highest BCUT2D eigenvalue weighted by Gasteiger charge is 2.26. The molecule has 6 heteroatoms. The van der Waals surface area contributed by atoms with Crippen molar-refractivity contribution in [3.8, 4) is 0 Å². The molecule has 2 unspecified atom stereocenters. The Morgan fingerprint density at radius 1 is 1.62 bits per heavy atom. The second-order valence-corrected chi connectivity index (χ2v) is 4.55. The van der Waals surface area contributed by atoms with Gasteiger partial charge in [0.2, 0.25) is 0 Å². The highest BCUT2D eigenvalue weighted by molar-refractivity contribution is 7.86. The fraction of sp³-hybridized carbons (Fsp3) is 0.714. The van der Waals surface area contributed by atoms with Crippen LogP contribution in [-0.2, 0) is 10.1 Å². The van der Waals surface area contributed by atoms with Crippen LogP contribution in [0.1, 0.15) is 13.8 Å². The zero-order valence-corrected chi connectivity index (χ0v) is 8.50. The Morgan fingerprint density at radius 3 is 2.31 bits per heavy atom. The molecule has 5 nitrogen and oxygen atoms in total. The van der Waals surface area contributed by atoms with Gasteiger partial charge in [-0.1, -0.05) is 12.2 Å². The van der Waals surface area contributed by atoms with E-state index in [0.29, 0.717) is 5.57 Å². The Hall–Kier alpha value is -0.430. The molecule has 0 radical (unpaired) electrons. The molecule has 0 saturated carbocycles. The summed E-state index contributed by atoms with van der Waals surface area (Å²) >= 11 is 0. The van der Waals surface area contributed by atoms with Crippen LogP contribution in [0.25, 0.3) is 0 Å². The first kappa shape index (κ1) is 12.6. The van der Waals surface area contributed by atoms with Crippen LogP contribution in [0.4, 0.5) is 0 Å². The van der Waals surface area contributed by atoms with Crippen LogP contribution in [0.3, 0.4) is 0 Å². The van der Waals surface area contributed by atoms with E-state index >= 15 is 0 Å². The smallest absolute Gasteiger partial charge is 0.283 e. The van der Waals surface area contributed by atoms with Crippen LogP contribution in [0.15, 0.2) is 12.2 Å². The van der Waals surface area contributed by atoms with Crippen molar-refractivity contribution in [2.24, 2.45) is 0 Å². The summed E-state index contributed by atoms with van der Waals surface area (Å²) in [6.07, 6.45) is -1.17. The molecule has 0 fully saturated rings. The molecule has 78 valence electrons. The standard InChI is InChI=1S/C7H15NO4S/c1-5(2)4-8-7(6(3)9)13(10,11)12/h6-9H,1,4H2,2-3H3,(H,10,11,12). The van der Waals surface area contributed by atoms with Crippen LogP contribution in [0.2, 0.25) is 0 Å². The van der Waals surface area contributed by atoms with Crippen LogP contribution in [0, 0.1) is 0 Å². The van der Waals surface area contributed by atoms with Gasteiger partial charge in [-0.2, -0.15) is 8.42 Å². The average molecular weight is 209 g/mol. The van der Waals surface area contributed by atoms with Crippen molar-refractivity contribution in [1.82, 2.24) is 5.32 Å². The summed E-state index contributed by atoms with van der Waals surface area (Å²) in [4.78, 5) is 0. The van der Waals surface area contributed by atoms with Crippen molar-refractivity contribution in [1.29, 1.82) is 0 Å². The van der Waals surface area contributed by atoms with Crippen molar-refractivity contribution in [3.05, 3.63) is 12.2 Å². The minimum Gasteiger partial charge on any atom is -0.391 e. The lowest BCUT2D eigenvalue weighted by atomic mass is 10.3. The molecule has 0 aromatic carbocycles. The van der Waals surface area contributed by atoms with Crippen molar-refractivity contribution in [2.75, 3.05) is 6.54 Å². The molecule has 0 heterocycles. The molecule has 0 aromatic heterocycles. The Balaban J connectivity index is 4.38. The van der Waals surface area contributed by atoms with Gasteiger partial charge in [-0.05, 0) is 13.8 Å². The maximum atomic E-state index is 10.7. The van der Waals surface area contributed by atoms with E-state index in [-0.39, 0.29) is 6.54 Å². The molecule has 13 heavy (non-hydrogen) atoms. The van der Waals surface area contributed by atoms with Crippen molar-refractivity contribution in [3.63, 3.8) is 0 Å². The van der Waals surface area contributed by atoms with Gasteiger partial charge < -0.3 is 5.11 Å². The van der Waals surface area contributed by atoms with Gasteiger partial charge in [-0.25, -0.2) is 0 Å². The molecule has 0 amide bonds. The van der Waals surface area contributed by atoms with Crippen LogP contribution < -0.4 is 5.32 Å². The molecule has 0 spiro atoms. The van der Waals surface area contributed by atoms with E-state index in [0.717, 1.165) is 0 Å². The van der Waals surface area contributed by atoms with E-state index < -0.39 is 21.6 Å². The number of hydrogen-bond acceptors (Lipinski definition) is 4. The third-order valence-corrected chi connectivity index (χ3v) is 2.57. The third-order valence-electron chi connectivity index (χ3n) is 1.36. The Morgan fingerprint density at radius 2 is 2.08 bits per heavy atom. The number of hydrogen-bond donors (Lipinski definition) is 3. The predicted molar refractivity (Wildman–Crippen MR) is 49.8 cm³/mol. The van der Waals surface area contributed by atoms with Gasteiger partial charge in [0.15, 0.2) is 5.37 Å². The van der Waals surface area contributed by atoms with Crippen molar-refractivity contribution < 1.29 is 18.1 Å². The summed E-state index contributed by atoms with van der Waals surface area (Å²) in [5.74, 6) is 0. The molecule has 2 atom stereocenters. The van der Waals surface area contributed by atoms with Crippen molar-refractivity contribution >= 4 is 10.1 Å². The SMILES string of the molecule is C=C(C)CNC(C(C)O)S(=O)(=O)O. The first-order chi connectivity index (χ1) is 5.75. The number of aliphatic hydroxyl groups excluding tert-OH is 1. The Labute approximate surface area is 78.2 Å². The molecular formula is C7H15NO4S. The quantitative estimate of drug-likeness (QED) is 0.429. The largest absolute Gasteiger partial charge is 0.391 e. The van der Waals surface area contributed by atoms with Gasteiger partial charge in [-0.15, -0.1) is 0 Å². The average Bonchev–Trinajstić information content (AvgIpc) is 1.81. The van der Waals surface area contributed by atoms with Crippen LogP contribution in [-0.4, -0.2) is 36.1 Å². The van der Waals surface area contributed by atoms with Gasteiger partial charge in [0.25, 0.3) is 10.1 Å². The molecular weight excluding hydrogens is 194 g/mol. The summed E-state index contributed by atoms with van der Waals surface area (Å²) in [5.41, 5.74) is 0.717. The van der Waals surface area contributed by atoms with Crippen LogP contribution in [0.5, 0.6) is 0 Å². The molecule has 0 bridgehead atoms. The minimum absolute atomic E-state index is 0.232. The van der Waals surface area contributed by atoms with Crippen LogP contribution >= 0.6 is 0 Å². The lowest BCUT2D eigenvalue weighted by molar-refractivity contribution is 0.172. The van der Waals surface area contributed by atoms with E-state index in [1.54, 1.807) is 6.92 Å². The molecule has 0 aliphatic rings. The molecule has 0 aliphatic carbocycles. The second-order valence-electron chi connectivity index (χ2n) is 3.01. The predicted octanol–water partition coefficient (Wildman–Crippen LogP) is -0.253. The lowest BCUT2D eigenvalue weighted by Gasteiger charge is -2.18. The van der Waals surface area contributed by atoms with E-state index in [2.05, 4.69) is 11.9 Å². The molecule has 3 N–H and O–H groups in total. The number of rotatable bonds is 5. The normalized spacial score (nSPS) is 16.6. The lowest BCUT2D eigenvalue weighted by Crippen LogP contribution is -2.44. The van der Waals surface area contributed by atoms with E-state index in [1.165, 1.54) is 6.92 Å². The zero-order chi connectivity index (χ0) is 10.6. The van der Waals surface area contributed by atoms with Gasteiger partial charge in [-0.3, -0.25) is 9.87 Å². The third kappa shape index (κ3) is 4.99. The second kappa shape index (κ2) is 4.71. The zero-order valence-electron chi connectivity index (χ0n) is 7.69. The Kier molecular flexibility index (Phi) is 4.55. The van der Waals surface area contributed by atoms with Gasteiger partial charge >= 0.3 is 0 Å². The molecule has 0 saturated heterocycles. The van der Waals surface area contributed by atoms with Gasteiger partial charge in [0, 0.05) is 6.54 Å². The van der Waals surface area contributed by atoms with Gasteiger partial charge in [0.05, 0.1) is 6.10 Å². The first-order valence-electron chi connectivity index (χ1n) is 3.77. The molecule has 0 rings (SSSR count). The van der Waals surface area contributed by atoms with E-state index in [1.807, 2.05) is 0 Å². The number of aliphatic hydroxyl groups is 1. The summed E-state index contributed by atoms with van der Waals surface area (Å²) in [5, 5.41) is 10.1. The van der Waals surface area contributed by atoms with Gasteiger partial charge in [0.1, 0.15) is 0 Å². The van der Waals surface area contributed by atoms with E-state index in [4.69, 9.17) is 9.66 Å². The highest BCUT2D eigenvalue weighted by atomic mass is 32.2. The summed E-state index contributed by atoms with van der Waals surface area (Å²) in [7, 11) is -4.26. The fourth-order valence-corrected chi connectivity index (χ4v) is 1.59. The summed E-state index contributed by atoms with van der Waals surface area (Å²) in [6.45, 7) is 6.77. The van der Waals surface area contributed by atoms with Crippen molar-refractivity contribution in [2.45, 2.75) is 25.3 Å². The number of nitrogens with one attached hydrogen (secondary N) is 1.